The van der Waals surface area contributed by atoms with E-state index >= 15 is 0 Å². The molecule has 0 radical (unpaired) electrons. The Morgan fingerprint density at radius 2 is 1.32 bits per heavy atom. The first-order chi connectivity index (χ1) is 12.8. The predicted octanol–water partition coefficient (Wildman–Crippen LogP) is 3.22. The van der Waals surface area contributed by atoms with Crippen molar-refractivity contribution in [2.24, 2.45) is 0 Å². The van der Waals surface area contributed by atoms with E-state index in [1.54, 1.807) is 0 Å². The summed E-state index contributed by atoms with van der Waals surface area (Å²) in [7, 11) is -8.89. The van der Waals surface area contributed by atoms with Crippen LogP contribution in [0.3, 0.4) is 0 Å². The molecule has 0 heterocycles. The first-order valence-corrected chi connectivity index (χ1v) is 10.6. The maximum atomic E-state index is 12.5. The first kappa shape index (κ1) is 22.2. The molecule has 2 aromatic rings. The summed E-state index contributed by atoms with van der Waals surface area (Å²) in [5, 5.41) is 0. The minimum absolute atomic E-state index is 0.106. The molecule has 0 atom stereocenters. The van der Waals surface area contributed by atoms with Crippen LogP contribution in [0.4, 0.5) is 22.0 Å². The quantitative estimate of drug-likeness (QED) is 0.667. The Bertz CT molecular complexity index is 1020. The Labute approximate surface area is 158 Å². The molecule has 12 heteroatoms. The SMILES string of the molecule is O=S(=O)(NCCc1ccc(C(F)(F)F)cc1)c1ccc(S(=O)(=O)C(F)F)cc1. The number of sulfonamides is 1. The maximum absolute atomic E-state index is 12.5. The second-order valence-corrected chi connectivity index (χ2v) is 9.30. The van der Waals surface area contributed by atoms with Crippen LogP contribution < -0.4 is 4.72 Å². The molecule has 0 saturated heterocycles. The summed E-state index contributed by atoms with van der Waals surface area (Å²) in [5.41, 5.74) is -0.357. The minimum Gasteiger partial charge on any atom is -0.218 e. The fourth-order valence-corrected chi connectivity index (χ4v) is 3.94. The second kappa shape index (κ2) is 8.13. The lowest BCUT2D eigenvalue weighted by Crippen LogP contribution is -2.26. The summed E-state index contributed by atoms with van der Waals surface area (Å²) >= 11 is 0. The summed E-state index contributed by atoms with van der Waals surface area (Å²) < 4.78 is 112. The van der Waals surface area contributed by atoms with Gasteiger partial charge in [0.15, 0.2) is 0 Å². The zero-order valence-corrected chi connectivity index (χ0v) is 15.6. The average Bonchev–Trinajstić information content (AvgIpc) is 2.61. The van der Waals surface area contributed by atoms with Crippen LogP contribution in [-0.2, 0) is 32.5 Å². The van der Waals surface area contributed by atoms with Crippen molar-refractivity contribution in [1.82, 2.24) is 4.72 Å². The van der Waals surface area contributed by atoms with Gasteiger partial charge in [0.2, 0.25) is 19.9 Å². The summed E-state index contributed by atoms with van der Waals surface area (Å²) in [6.45, 7) is -0.134. The van der Waals surface area contributed by atoms with E-state index in [0.29, 0.717) is 5.56 Å². The lowest BCUT2D eigenvalue weighted by molar-refractivity contribution is -0.137. The fourth-order valence-electron chi connectivity index (χ4n) is 2.18. The monoisotopic (exact) mass is 443 g/mol. The number of hydrogen-bond donors (Lipinski definition) is 1. The van der Waals surface area contributed by atoms with Gasteiger partial charge in [-0.2, -0.15) is 22.0 Å². The van der Waals surface area contributed by atoms with E-state index < -0.39 is 42.3 Å². The highest BCUT2D eigenvalue weighted by molar-refractivity contribution is 7.91. The summed E-state index contributed by atoms with van der Waals surface area (Å²) in [6.07, 6.45) is -4.36. The van der Waals surface area contributed by atoms with Crippen molar-refractivity contribution in [3.8, 4) is 0 Å². The molecular formula is C16H14F5NO4S2. The number of sulfone groups is 1. The van der Waals surface area contributed by atoms with E-state index in [0.717, 1.165) is 36.4 Å². The van der Waals surface area contributed by atoms with Crippen LogP contribution in [0.2, 0.25) is 0 Å². The smallest absolute Gasteiger partial charge is 0.218 e. The lowest BCUT2D eigenvalue weighted by Gasteiger charge is -2.09. The molecule has 0 aromatic heterocycles. The highest BCUT2D eigenvalue weighted by Crippen LogP contribution is 2.29. The molecule has 0 aliphatic heterocycles. The predicted molar refractivity (Wildman–Crippen MR) is 90.0 cm³/mol. The first-order valence-electron chi connectivity index (χ1n) is 7.62. The van der Waals surface area contributed by atoms with E-state index in [-0.39, 0.29) is 17.9 Å². The van der Waals surface area contributed by atoms with Gasteiger partial charge in [-0.05, 0) is 48.4 Å². The third kappa shape index (κ3) is 5.26. The average molecular weight is 443 g/mol. The van der Waals surface area contributed by atoms with Crippen LogP contribution in [-0.4, -0.2) is 29.1 Å². The number of hydrogen-bond acceptors (Lipinski definition) is 4. The Morgan fingerprint density at radius 3 is 1.79 bits per heavy atom. The number of nitrogens with one attached hydrogen (secondary N) is 1. The lowest BCUT2D eigenvalue weighted by atomic mass is 10.1. The highest BCUT2D eigenvalue weighted by Gasteiger charge is 2.30. The number of halogens is 5. The molecule has 1 N–H and O–H groups in total. The largest absolute Gasteiger partial charge is 0.416 e. The third-order valence-electron chi connectivity index (χ3n) is 3.68. The van der Waals surface area contributed by atoms with Crippen LogP contribution in [0.5, 0.6) is 0 Å². The van der Waals surface area contributed by atoms with Crippen molar-refractivity contribution < 1.29 is 38.8 Å². The van der Waals surface area contributed by atoms with Crippen molar-refractivity contribution in [2.45, 2.75) is 28.1 Å². The topological polar surface area (TPSA) is 80.3 Å². The highest BCUT2D eigenvalue weighted by atomic mass is 32.2. The van der Waals surface area contributed by atoms with Crippen molar-refractivity contribution in [2.75, 3.05) is 6.54 Å². The standard InChI is InChI=1S/C16H14F5NO4S2/c17-15(18)27(23,24)13-5-7-14(8-6-13)28(25,26)22-10-9-11-1-3-12(4-2-11)16(19,20)21/h1-8,15,22H,9-10H2. The number of benzene rings is 2. The molecule has 0 amide bonds. The van der Waals surface area contributed by atoms with Gasteiger partial charge in [0.1, 0.15) is 0 Å². The van der Waals surface area contributed by atoms with E-state index in [1.807, 2.05) is 0 Å². The summed E-state index contributed by atoms with van der Waals surface area (Å²) in [5.74, 6) is -3.63. The van der Waals surface area contributed by atoms with Gasteiger partial charge in [0.25, 0.3) is 0 Å². The van der Waals surface area contributed by atoms with Crippen LogP contribution in [0.15, 0.2) is 58.3 Å². The summed E-state index contributed by atoms with van der Waals surface area (Å²) in [6, 6.07) is 7.46. The normalized spacial score (nSPS) is 13.1. The van der Waals surface area contributed by atoms with Crippen LogP contribution in [0.1, 0.15) is 11.1 Å². The van der Waals surface area contributed by atoms with Crippen LogP contribution in [0.25, 0.3) is 0 Å². The van der Waals surface area contributed by atoms with Crippen LogP contribution in [0, 0.1) is 0 Å². The molecular weight excluding hydrogens is 429 g/mol. The molecule has 5 nitrogen and oxygen atoms in total. The maximum Gasteiger partial charge on any atom is 0.416 e. The van der Waals surface area contributed by atoms with E-state index in [9.17, 15) is 38.8 Å². The van der Waals surface area contributed by atoms with E-state index in [2.05, 4.69) is 4.72 Å². The van der Waals surface area contributed by atoms with Crippen molar-refractivity contribution in [1.29, 1.82) is 0 Å². The molecule has 28 heavy (non-hydrogen) atoms. The van der Waals surface area contributed by atoms with Gasteiger partial charge in [-0.3, -0.25) is 0 Å². The van der Waals surface area contributed by atoms with Gasteiger partial charge < -0.3 is 0 Å². The molecule has 0 bridgehead atoms. The zero-order valence-electron chi connectivity index (χ0n) is 13.9. The molecule has 0 fully saturated rings. The van der Waals surface area contributed by atoms with E-state index in [1.165, 1.54) is 12.1 Å². The van der Waals surface area contributed by atoms with Gasteiger partial charge in [-0.1, -0.05) is 12.1 Å². The Hall–Kier alpha value is -2.05. The van der Waals surface area contributed by atoms with Gasteiger partial charge in [0, 0.05) is 6.54 Å². The van der Waals surface area contributed by atoms with Gasteiger partial charge in [0.05, 0.1) is 15.4 Å². The van der Waals surface area contributed by atoms with Crippen LogP contribution >= 0.6 is 0 Å². The molecule has 2 aromatic carbocycles. The molecule has 0 unspecified atom stereocenters. The second-order valence-electron chi connectivity index (χ2n) is 5.62. The van der Waals surface area contributed by atoms with Crippen molar-refractivity contribution in [3.63, 3.8) is 0 Å². The van der Waals surface area contributed by atoms with Gasteiger partial charge in [-0.15, -0.1) is 0 Å². The van der Waals surface area contributed by atoms with Gasteiger partial charge in [-0.25, -0.2) is 21.6 Å². The Kier molecular flexibility index (Phi) is 6.46. The zero-order chi connectivity index (χ0) is 21.2. The molecule has 0 spiro atoms. The summed E-state index contributed by atoms with van der Waals surface area (Å²) in [4.78, 5) is -1.06. The molecule has 0 saturated carbocycles. The number of alkyl halides is 5. The number of rotatable bonds is 7. The Balaban J connectivity index is 2.02. The van der Waals surface area contributed by atoms with Crippen molar-refractivity contribution >= 4 is 19.9 Å². The Morgan fingerprint density at radius 1 is 0.821 bits per heavy atom. The van der Waals surface area contributed by atoms with E-state index in [4.69, 9.17) is 0 Å². The molecule has 154 valence electrons. The molecule has 2 rings (SSSR count). The third-order valence-corrected chi connectivity index (χ3v) is 6.56. The fraction of sp³-hybridized carbons (Fsp3) is 0.250. The molecule has 0 aliphatic rings. The van der Waals surface area contributed by atoms with Crippen molar-refractivity contribution in [3.05, 3.63) is 59.7 Å². The molecule has 0 aliphatic carbocycles. The minimum atomic E-state index is -4.83. The van der Waals surface area contributed by atoms with Gasteiger partial charge >= 0.3 is 11.9 Å².